The van der Waals surface area contributed by atoms with Gasteiger partial charge in [-0.05, 0) is 38.0 Å². The molecule has 6 heteroatoms. The molecule has 1 fully saturated rings. The van der Waals surface area contributed by atoms with E-state index in [9.17, 15) is 9.18 Å². The van der Waals surface area contributed by atoms with Crippen LogP contribution in [-0.2, 0) is 16.1 Å². The second-order valence-electron chi connectivity index (χ2n) is 5.15. The number of rotatable bonds is 5. The summed E-state index contributed by atoms with van der Waals surface area (Å²) in [6.45, 7) is 3.06. The second-order valence-corrected chi connectivity index (χ2v) is 6.06. The maximum atomic E-state index is 13.8. The molecule has 1 heterocycles. The average molecular weight is 359 g/mol. The third-order valence-electron chi connectivity index (χ3n) is 3.71. The van der Waals surface area contributed by atoms with Crippen LogP contribution < -0.4 is 5.73 Å². The highest BCUT2D eigenvalue weighted by Gasteiger charge is 2.32. The molecule has 0 saturated carbocycles. The van der Waals surface area contributed by atoms with Gasteiger partial charge in [-0.3, -0.25) is 4.79 Å². The molecule has 0 radical (unpaired) electrons. The van der Waals surface area contributed by atoms with Crippen molar-refractivity contribution in [3.63, 3.8) is 0 Å². The molecule has 21 heavy (non-hydrogen) atoms. The molecule has 116 valence electrons. The first kappa shape index (κ1) is 16.4. The van der Waals surface area contributed by atoms with Crippen molar-refractivity contribution in [2.75, 3.05) is 13.1 Å². The van der Waals surface area contributed by atoms with Gasteiger partial charge >= 0.3 is 0 Å². The summed E-state index contributed by atoms with van der Waals surface area (Å²) in [5.41, 5.74) is 6.05. The number of ether oxygens (including phenoxy) is 1. The topological polar surface area (TPSA) is 55.6 Å². The van der Waals surface area contributed by atoms with Gasteiger partial charge in [-0.1, -0.05) is 15.9 Å². The largest absolute Gasteiger partial charge is 0.364 e. The van der Waals surface area contributed by atoms with Gasteiger partial charge in [0.25, 0.3) is 5.91 Å². The van der Waals surface area contributed by atoms with E-state index >= 15 is 0 Å². The van der Waals surface area contributed by atoms with E-state index in [0.717, 1.165) is 10.9 Å². The number of carbonyl (C=O) groups is 1. The first-order chi connectivity index (χ1) is 10.0. The molecule has 0 bridgehead atoms. The molecule has 4 nitrogen and oxygen atoms in total. The third kappa shape index (κ3) is 4.02. The van der Waals surface area contributed by atoms with Crippen LogP contribution in [0.2, 0.25) is 0 Å². The highest BCUT2D eigenvalue weighted by Crippen LogP contribution is 2.23. The van der Waals surface area contributed by atoms with Gasteiger partial charge in [-0.2, -0.15) is 0 Å². The predicted molar refractivity (Wildman–Crippen MR) is 82.1 cm³/mol. The molecule has 1 aliphatic rings. The van der Waals surface area contributed by atoms with E-state index in [1.165, 1.54) is 6.07 Å². The molecule has 1 amide bonds. The molecule has 2 N–H and O–H groups in total. The van der Waals surface area contributed by atoms with Crippen molar-refractivity contribution < 1.29 is 13.9 Å². The molecule has 0 aliphatic carbocycles. The van der Waals surface area contributed by atoms with Crippen LogP contribution in [0.4, 0.5) is 4.39 Å². The SMILES string of the molecule is CCN(Cc1cc(Br)ccc1F)C(=O)[C@@H]1CC[C@H](CN)O1. The van der Waals surface area contributed by atoms with Crippen LogP contribution in [0.5, 0.6) is 0 Å². The molecule has 1 aromatic carbocycles. The summed E-state index contributed by atoms with van der Waals surface area (Å²) in [7, 11) is 0. The molecule has 0 spiro atoms. The minimum Gasteiger partial charge on any atom is -0.364 e. The number of halogens is 2. The number of amides is 1. The quantitative estimate of drug-likeness (QED) is 0.879. The Morgan fingerprint density at radius 1 is 1.52 bits per heavy atom. The fraction of sp³-hybridized carbons (Fsp3) is 0.533. The highest BCUT2D eigenvalue weighted by atomic mass is 79.9. The Morgan fingerprint density at radius 3 is 2.90 bits per heavy atom. The number of carbonyl (C=O) groups excluding carboxylic acids is 1. The lowest BCUT2D eigenvalue weighted by atomic mass is 10.1. The van der Waals surface area contributed by atoms with Crippen molar-refractivity contribution >= 4 is 21.8 Å². The van der Waals surface area contributed by atoms with Crippen molar-refractivity contribution in [3.8, 4) is 0 Å². The fourth-order valence-corrected chi connectivity index (χ4v) is 2.89. The predicted octanol–water partition coefficient (Wildman–Crippen LogP) is 2.44. The summed E-state index contributed by atoms with van der Waals surface area (Å²) < 4.78 is 20.2. The van der Waals surface area contributed by atoms with Crippen LogP contribution in [0.3, 0.4) is 0 Å². The normalized spacial score (nSPS) is 21.5. The number of nitrogens with two attached hydrogens (primary N) is 1. The van der Waals surface area contributed by atoms with Crippen LogP contribution in [0.25, 0.3) is 0 Å². The number of likely N-dealkylation sites (N-methyl/N-ethyl adjacent to an activating group) is 1. The van der Waals surface area contributed by atoms with Gasteiger partial charge in [0.1, 0.15) is 11.9 Å². The average Bonchev–Trinajstić information content (AvgIpc) is 2.96. The Bertz CT molecular complexity index is 512. The Hall–Kier alpha value is -0.980. The van der Waals surface area contributed by atoms with Gasteiger partial charge < -0.3 is 15.4 Å². The summed E-state index contributed by atoms with van der Waals surface area (Å²) in [5, 5.41) is 0. The molecule has 0 aromatic heterocycles. The third-order valence-corrected chi connectivity index (χ3v) is 4.20. The minimum atomic E-state index is -0.450. The first-order valence-corrected chi connectivity index (χ1v) is 7.92. The molecule has 1 aliphatic heterocycles. The Balaban J connectivity index is 2.06. The zero-order valence-corrected chi connectivity index (χ0v) is 13.6. The summed E-state index contributed by atoms with van der Waals surface area (Å²) in [5.74, 6) is -0.399. The standard InChI is InChI=1S/C15H20BrFN2O2/c1-2-19(9-10-7-11(16)3-5-13(10)17)15(20)14-6-4-12(8-18)21-14/h3,5,7,12,14H,2,4,6,8-9,18H2,1H3/t12-,14+/m1/s1. The summed E-state index contributed by atoms with van der Waals surface area (Å²) in [6, 6.07) is 4.74. The van der Waals surface area contributed by atoms with E-state index in [4.69, 9.17) is 10.5 Å². The van der Waals surface area contributed by atoms with E-state index in [0.29, 0.717) is 25.1 Å². The number of hydrogen-bond donors (Lipinski definition) is 1. The van der Waals surface area contributed by atoms with Crippen LogP contribution in [0.1, 0.15) is 25.3 Å². The molecule has 2 rings (SSSR count). The molecular weight excluding hydrogens is 339 g/mol. The van der Waals surface area contributed by atoms with Crippen LogP contribution in [0, 0.1) is 5.82 Å². The van der Waals surface area contributed by atoms with Crippen molar-refractivity contribution in [1.82, 2.24) is 4.90 Å². The van der Waals surface area contributed by atoms with E-state index in [-0.39, 0.29) is 24.4 Å². The van der Waals surface area contributed by atoms with Crippen molar-refractivity contribution in [2.24, 2.45) is 5.73 Å². The number of benzene rings is 1. The second kappa shape index (κ2) is 7.33. The van der Waals surface area contributed by atoms with E-state index in [2.05, 4.69) is 15.9 Å². The molecular formula is C15H20BrFN2O2. The maximum absolute atomic E-state index is 13.8. The zero-order valence-electron chi connectivity index (χ0n) is 12.0. The molecule has 0 unspecified atom stereocenters. The van der Waals surface area contributed by atoms with Crippen LogP contribution in [-0.4, -0.2) is 36.1 Å². The molecule has 1 aromatic rings. The lowest BCUT2D eigenvalue weighted by molar-refractivity contribution is -0.143. The number of nitrogens with zero attached hydrogens (tertiary/aromatic N) is 1. The van der Waals surface area contributed by atoms with Gasteiger partial charge in [0.2, 0.25) is 0 Å². The lowest BCUT2D eigenvalue weighted by Crippen LogP contribution is -2.39. The Kier molecular flexibility index (Phi) is 5.72. The molecule has 1 saturated heterocycles. The van der Waals surface area contributed by atoms with E-state index in [1.807, 2.05) is 6.92 Å². The van der Waals surface area contributed by atoms with Crippen molar-refractivity contribution in [3.05, 3.63) is 34.1 Å². The van der Waals surface area contributed by atoms with Gasteiger partial charge in [0.05, 0.1) is 6.10 Å². The van der Waals surface area contributed by atoms with Crippen LogP contribution >= 0.6 is 15.9 Å². The zero-order chi connectivity index (χ0) is 15.4. The van der Waals surface area contributed by atoms with E-state index in [1.54, 1.807) is 17.0 Å². The summed E-state index contributed by atoms with van der Waals surface area (Å²) in [6.07, 6.45) is 0.988. The van der Waals surface area contributed by atoms with Crippen LogP contribution in [0.15, 0.2) is 22.7 Å². The smallest absolute Gasteiger partial charge is 0.252 e. The van der Waals surface area contributed by atoms with Gasteiger partial charge in [0, 0.05) is 29.7 Å². The fourth-order valence-electron chi connectivity index (χ4n) is 2.48. The Morgan fingerprint density at radius 2 is 2.29 bits per heavy atom. The summed E-state index contributed by atoms with van der Waals surface area (Å²) in [4.78, 5) is 14.1. The van der Waals surface area contributed by atoms with Crippen molar-refractivity contribution in [1.29, 1.82) is 0 Å². The molecule has 2 atom stereocenters. The van der Waals surface area contributed by atoms with Crippen molar-refractivity contribution in [2.45, 2.75) is 38.5 Å². The summed E-state index contributed by atoms with van der Waals surface area (Å²) >= 11 is 3.32. The highest BCUT2D eigenvalue weighted by molar-refractivity contribution is 9.10. The maximum Gasteiger partial charge on any atom is 0.252 e. The van der Waals surface area contributed by atoms with Gasteiger partial charge in [0.15, 0.2) is 0 Å². The monoisotopic (exact) mass is 358 g/mol. The first-order valence-electron chi connectivity index (χ1n) is 7.13. The van der Waals surface area contributed by atoms with E-state index < -0.39 is 6.10 Å². The minimum absolute atomic E-state index is 0.0414. The van der Waals surface area contributed by atoms with Gasteiger partial charge in [-0.25, -0.2) is 4.39 Å². The van der Waals surface area contributed by atoms with Gasteiger partial charge in [-0.15, -0.1) is 0 Å². The lowest BCUT2D eigenvalue weighted by Gasteiger charge is -2.24. The number of hydrogen-bond acceptors (Lipinski definition) is 3. The Labute approximate surface area is 132 Å².